The molecule has 0 spiro atoms. The van der Waals surface area contributed by atoms with Gasteiger partial charge in [0.05, 0.1) is 0 Å². The SMILES string of the molecule is Cc1nnc(CCNC(=O)CC[C@@H]2CCCCN2C)s1. The molecule has 1 aromatic heterocycles. The molecule has 0 bridgehead atoms. The highest BCUT2D eigenvalue weighted by atomic mass is 32.1. The number of amides is 1. The number of likely N-dealkylation sites (tertiary alicyclic amines) is 1. The zero-order valence-corrected chi connectivity index (χ0v) is 13.2. The molecule has 2 rings (SSSR count). The number of carbonyl (C=O) groups is 1. The third-order valence-electron chi connectivity index (χ3n) is 3.86. The van der Waals surface area contributed by atoms with Gasteiger partial charge in [0.1, 0.15) is 10.0 Å². The minimum atomic E-state index is 0.158. The van der Waals surface area contributed by atoms with Crippen LogP contribution < -0.4 is 5.32 Å². The fourth-order valence-corrected chi connectivity index (χ4v) is 3.35. The summed E-state index contributed by atoms with van der Waals surface area (Å²) in [5.41, 5.74) is 0. The van der Waals surface area contributed by atoms with E-state index in [9.17, 15) is 4.79 Å². The van der Waals surface area contributed by atoms with E-state index in [2.05, 4.69) is 27.5 Å². The maximum absolute atomic E-state index is 11.8. The minimum absolute atomic E-state index is 0.158. The summed E-state index contributed by atoms with van der Waals surface area (Å²) in [6, 6.07) is 0.584. The summed E-state index contributed by atoms with van der Waals surface area (Å²) in [4.78, 5) is 14.2. The van der Waals surface area contributed by atoms with Crippen molar-refractivity contribution >= 4 is 17.2 Å². The molecule has 2 heterocycles. The van der Waals surface area contributed by atoms with Crippen LogP contribution in [0.4, 0.5) is 0 Å². The number of nitrogens with zero attached hydrogens (tertiary/aromatic N) is 3. The molecule has 1 saturated heterocycles. The van der Waals surface area contributed by atoms with Crippen LogP contribution in [0.15, 0.2) is 0 Å². The zero-order chi connectivity index (χ0) is 14.4. The van der Waals surface area contributed by atoms with Gasteiger partial charge in [0, 0.05) is 25.4 Å². The molecular weight excluding hydrogens is 272 g/mol. The van der Waals surface area contributed by atoms with E-state index in [1.165, 1.54) is 25.8 Å². The van der Waals surface area contributed by atoms with Crippen molar-refractivity contribution < 1.29 is 4.79 Å². The van der Waals surface area contributed by atoms with Crippen molar-refractivity contribution in [3.8, 4) is 0 Å². The molecular formula is C14H24N4OS. The fourth-order valence-electron chi connectivity index (χ4n) is 2.64. The van der Waals surface area contributed by atoms with E-state index >= 15 is 0 Å². The highest BCUT2D eigenvalue weighted by molar-refractivity contribution is 7.11. The van der Waals surface area contributed by atoms with E-state index in [1.54, 1.807) is 11.3 Å². The van der Waals surface area contributed by atoms with Crippen molar-refractivity contribution in [2.75, 3.05) is 20.1 Å². The van der Waals surface area contributed by atoms with Crippen molar-refractivity contribution in [1.82, 2.24) is 20.4 Å². The second-order valence-electron chi connectivity index (χ2n) is 5.48. The van der Waals surface area contributed by atoms with Gasteiger partial charge < -0.3 is 10.2 Å². The molecule has 1 aromatic rings. The highest BCUT2D eigenvalue weighted by Gasteiger charge is 2.19. The summed E-state index contributed by atoms with van der Waals surface area (Å²) >= 11 is 1.60. The fraction of sp³-hybridized carbons (Fsp3) is 0.786. The van der Waals surface area contributed by atoms with Crippen LogP contribution in [0, 0.1) is 6.92 Å². The monoisotopic (exact) mass is 296 g/mol. The van der Waals surface area contributed by atoms with Gasteiger partial charge in [0.15, 0.2) is 0 Å². The lowest BCUT2D eigenvalue weighted by Crippen LogP contribution is -2.37. The molecule has 1 amide bonds. The number of aromatic nitrogens is 2. The number of hydrogen-bond donors (Lipinski definition) is 1. The number of nitrogens with one attached hydrogen (secondary N) is 1. The standard InChI is InChI=1S/C14H24N4OS/c1-11-16-17-14(20-11)8-9-15-13(19)7-6-12-5-3-4-10-18(12)2/h12H,3-10H2,1-2H3,(H,15,19)/t12-/m0/s1. The molecule has 1 aliphatic heterocycles. The molecule has 5 nitrogen and oxygen atoms in total. The molecule has 1 N–H and O–H groups in total. The van der Waals surface area contributed by atoms with Crippen LogP contribution in [0.3, 0.4) is 0 Å². The number of rotatable bonds is 6. The topological polar surface area (TPSA) is 58.1 Å². The Labute approximate surface area is 124 Å². The first-order valence-electron chi connectivity index (χ1n) is 7.41. The van der Waals surface area contributed by atoms with Gasteiger partial charge in [0.2, 0.25) is 5.91 Å². The Morgan fingerprint density at radius 1 is 1.45 bits per heavy atom. The second-order valence-corrected chi connectivity index (χ2v) is 6.75. The van der Waals surface area contributed by atoms with Crippen molar-refractivity contribution in [2.24, 2.45) is 0 Å². The van der Waals surface area contributed by atoms with E-state index < -0.39 is 0 Å². The average molecular weight is 296 g/mol. The van der Waals surface area contributed by atoms with Crippen LogP contribution in [0.5, 0.6) is 0 Å². The third-order valence-corrected chi connectivity index (χ3v) is 4.75. The molecule has 1 aliphatic rings. The molecule has 6 heteroatoms. The van der Waals surface area contributed by atoms with Gasteiger partial charge in [-0.25, -0.2) is 0 Å². The summed E-state index contributed by atoms with van der Waals surface area (Å²) < 4.78 is 0. The van der Waals surface area contributed by atoms with E-state index in [1.807, 2.05) is 6.92 Å². The van der Waals surface area contributed by atoms with Crippen LogP contribution in [0.25, 0.3) is 0 Å². The zero-order valence-electron chi connectivity index (χ0n) is 12.4. The van der Waals surface area contributed by atoms with Gasteiger partial charge in [0.25, 0.3) is 0 Å². The summed E-state index contributed by atoms with van der Waals surface area (Å²) in [5.74, 6) is 0.158. The first-order valence-corrected chi connectivity index (χ1v) is 8.22. The summed E-state index contributed by atoms with van der Waals surface area (Å²) in [7, 11) is 2.17. The normalized spacial score (nSPS) is 20.0. The largest absolute Gasteiger partial charge is 0.356 e. The van der Waals surface area contributed by atoms with Gasteiger partial charge in [-0.05, 0) is 39.8 Å². The van der Waals surface area contributed by atoms with Crippen LogP contribution in [-0.2, 0) is 11.2 Å². The Balaban J connectivity index is 1.60. The quantitative estimate of drug-likeness (QED) is 0.869. The molecule has 0 aliphatic carbocycles. The predicted molar refractivity (Wildman–Crippen MR) is 80.9 cm³/mol. The highest BCUT2D eigenvalue weighted by Crippen LogP contribution is 2.18. The van der Waals surface area contributed by atoms with E-state index in [-0.39, 0.29) is 5.91 Å². The van der Waals surface area contributed by atoms with Crippen molar-refractivity contribution in [3.63, 3.8) is 0 Å². The molecule has 0 aromatic carbocycles. The maximum atomic E-state index is 11.8. The molecule has 0 unspecified atom stereocenters. The molecule has 1 atom stereocenters. The maximum Gasteiger partial charge on any atom is 0.220 e. The average Bonchev–Trinajstić information content (AvgIpc) is 2.83. The first-order chi connectivity index (χ1) is 9.65. The Kier molecular flexibility index (Phi) is 5.91. The lowest BCUT2D eigenvalue weighted by Gasteiger charge is -2.32. The third kappa shape index (κ3) is 4.83. The molecule has 112 valence electrons. The molecule has 1 fully saturated rings. The van der Waals surface area contributed by atoms with Gasteiger partial charge >= 0.3 is 0 Å². The number of piperidine rings is 1. The Bertz CT molecular complexity index is 435. The molecule has 0 saturated carbocycles. The number of aryl methyl sites for hydroxylation is 1. The summed E-state index contributed by atoms with van der Waals surface area (Å²) in [6.45, 7) is 3.77. The lowest BCUT2D eigenvalue weighted by atomic mass is 9.98. The van der Waals surface area contributed by atoms with Crippen LogP contribution in [0.2, 0.25) is 0 Å². The van der Waals surface area contributed by atoms with Crippen LogP contribution >= 0.6 is 11.3 Å². The van der Waals surface area contributed by atoms with Crippen molar-refractivity contribution in [2.45, 2.75) is 51.5 Å². The van der Waals surface area contributed by atoms with E-state index in [4.69, 9.17) is 0 Å². The summed E-state index contributed by atoms with van der Waals surface area (Å²) in [5, 5.41) is 13.0. The number of carbonyl (C=O) groups excluding carboxylic acids is 1. The Morgan fingerprint density at radius 2 is 2.30 bits per heavy atom. The van der Waals surface area contributed by atoms with Crippen LogP contribution in [-0.4, -0.2) is 47.2 Å². The molecule has 20 heavy (non-hydrogen) atoms. The Morgan fingerprint density at radius 3 is 3.00 bits per heavy atom. The van der Waals surface area contributed by atoms with Gasteiger partial charge in [-0.15, -0.1) is 21.5 Å². The first kappa shape index (κ1) is 15.4. The van der Waals surface area contributed by atoms with E-state index in [0.29, 0.717) is 19.0 Å². The smallest absolute Gasteiger partial charge is 0.220 e. The predicted octanol–water partition coefficient (Wildman–Crippen LogP) is 1.77. The minimum Gasteiger partial charge on any atom is -0.356 e. The van der Waals surface area contributed by atoms with E-state index in [0.717, 1.165) is 22.9 Å². The van der Waals surface area contributed by atoms with Crippen LogP contribution in [0.1, 0.15) is 42.1 Å². The lowest BCUT2D eigenvalue weighted by molar-refractivity contribution is -0.121. The molecule has 0 radical (unpaired) electrons. The van der Waals surface area contributed by atoms with Gasteiger partial charge in [-0.3, -0.25) is 4.79 Å². The summed E-state index contributed by atoms with van der Waals surface area (Å²) in [6.07, 6.45) is 6.20. The Hall–Kier alpha value is -1.01. The van der Waals surface area contributed by atoms with Crippen molar-refractivity contribution in [1.29, 1.82) is 0 Å². The van der Waals surface area contributed by atoms with Gasteiger partial charge in [-0.1, -0.05) is 6.42 Å². The second kappa shape index (κ2) is 7.69. The number of hydrogen-bond acceptors (Lipinski definition) is 5. The van der Waals surface area contributed by atoms with Crippen molar-refractivity contribution in [3.05, 3.63) is 10.0 Å². The van der Waals surface area contributed by atoms with Gasteiger partial charge in [-0.2, -0.15) is 0 Å².